The van der Waals surface area contributed by atoms with E-state index < -0.39 is 0 Å². The van der Waals surface area contributed by atoms with Crippen molar-refractivity contribution in [2.24, 2.45) is 0 Å². The van der Waals surface area contributed by atoms with Gasteiger partial charge in [0.25, 0.3) is 0 Å². The number of carbonyl (C=O) groups excluding carboxylic acids is 1. The molecule has 164 valence electrons. The van der Waals surface area contributed by atoms with Gasteiger partial charge in [-0.05, 0) is 89.1 Å². The van der Waals surface area contributed by atoms with Gasteiger partial charge in [-0.25, -0.2) is 0 Å². The highest BCUT2D eigenvalue weighted by atomic mass is 16.5. The molecule has 3 rings (SSSR count). The van der Waals surface area contributed by atoms with Gasteiger partial charge in [-0.15, -0.1) is 0 Å². The van der Waals surface area contributed by atoms with Crippen molar-refractivity contribution in [1.82, 2.24) is 0 Å². The van der Waals surface area contributed by atoms with Crippen LogP contribution >= 0.6 is 0 Å². The van der Waals surface area contributed by atoms with Crippen molar-refractivity contribution in [3.05, 3.63) is 70.8 Å². The lowest BCUT2D eigenvalue weighted by Crippen LogP contribution is -2.23. The molecular weight excluding hydrogens is 388 g/mol. The topological polar surface area (TPSA) is 44.8 Å². The Bertz CT molecular complexity index is 886. The van der Waals surface area contributed by atoms with Gasteiger partial charge in [-0.1, -0.05) is 24.3 Å². The van der Waals surface area contributed by atoms with Gasteiger partial charge in [-0.2, -0.15) is 0 Å². The molecule has 0 bridgehead atoms. The van der Waals surface area contributed by atoms with Crippen LogP contribution in [0.15, 0.2) is 59.7 Å². The number of rotatable bonds is 4. The Balaban J connectivity index is 1.73. The molecule has 1 saturated heterocycles. The first-order valence-electron chi connectivity index (χ1n) is 10.6. The van der Waals surface area contributed by atoms with E-state index in [2.05, 4.69) is 0 Å². The third-order valence-corrected chi connectivity index (χ3v) is 4.39. The first kappa shape index (κ1) is 22.8. The van der Waals surface area contributed by atoms with Crippen molar-refractivity contribution >= 4 is 17.9 Å². The van der Waals surface area contributed by atoms with Gasteiger partial charge in [0.2, 0.25) is 0 Å². The van der Waals surface area contributed by atoms with Crippen LogP contribution in [0.2, 0.25) is 0 Å². The predicted molar refractivity (Wildman–Crippen MR) is 125 cm³/mol. The van der Waals surface area contributed by atoms with E-state index >= 15 is 0 Å². The van der Waals surface area contributed by atoms with Crippen LogP contribution in [0.1, 0.15) is 52.7 Å². The second-order valence-electron chi connectivity index (χ2n) is 9.73. The maximum atomic E-state index is 13.0. The molecule has 0 spiro atoms. The summed E-state index contributed by atoms with van der Waals surface area (Å²) in [6.45, 7) is 12.7. The molecule has 31 heavy (non-hydrogen) atoms. The van der Waals surface area contributed by atoms with E-state index in [1.54, 1.807) is 0 Å². The summed E-state index contributed by atoms with van der Waals surface area (Å²) in [5.74, 6) is 1.64. The molecule has 1 heterocycles. The highest BCUT2D eigenvalue weighted by molar-refractivity contribution is 6.14. The molecule has 0 N–H and O–H groups in total. The van der Waals surface area contributed by atoms with Crippen molar-refractivity contribution < 1.29 is 19.0 Å². The smallest absolute Gasteiger partial charge is 0.189 e. The lowest BCUT2D eigenvalue weighted by molar-refractivity contribution is -0.114. The fourth-order valence-electron chi connectivity index (χ4n) is 3.20. The first-order valence-corrected chi connectivity index (χ1v) is 10.6. The lowest BCUT2D eigenvalue weighted by atomic mass is 9.98. The summed E-state index contributed by atoms with van der Waals surface area (Å²) in [5, 5.41) is 0. The molecule has 0 aliphatic carbocycles. The fourth-order valence-corrected chi connectivity index (χ4v) is 3.20. The molecule has 2 aromatic carbocycles. The van der Waals surface area contributed by atoms with Crippen LogP contribution in [0.4, 0.5) is 0 Å². The Labute approximate surface area is 185 Å². The minimum atomic E-state index is -0.246. The molecule has 4 nitrogen and oxygen atoms in total. The van der Waals surface area contributed by atoms with Crippen molar-refractivity contribution in [1.29, 1.82) is 0 Å². The van der Waals surface area contributed by atoms with Crippen LogP contribution in [-0.2, 0) is 9.53 Å². The Hall–Kier alpha value is -2.85. The van der Waals surface area contributed by atoms with Gasteiger partial charge in [0, 0.05) is 11.1 Å². The maximum Gasteiger partial charge on any atom is 0.189 e. The zero-order valence-corrected chi connectivity index (χ0v) is 19.3. The van der Waals surface area contributed by atoms with E-state index in [-0.39, 0.29) is 17.0 Å². The van der Waals surface area contributed by atoms with E-state index in [1.807, 2.05) is 102 Å². The largest absolute Gasteiger partial charge is 0.488 e. The molecule has 4 heteroatoms. The SMILES string of the molecule is CC(C)(C)Oc1ccc(/C=C2/COC/C(=C\c3ccc(OC(C)(C)C)cc3)C2=O)cc1. The van der Waals surface area contributed by atoms with Gasteiger partial charge in [0.15, 0.2) is 5.78 Å². The molecule has 0 saturated carbocycles. The zero-order valence-electron chi connectivity index (χ0n) is 19.3. The molecule has 1 aliphatic rings. The average molecular weight is 421 g/mol. The highest BCUT2D eigenvalue weighted by Crippen LogP contribution is 2.24. The van der Waals surface area contributed by atoms with E-state index in [9.17, 15) is 4.79 Å². The number of Topliss-reactive ketones (excluding diaryl/α,β-unsaturated/α-hetero) is 1. The number of ketones is 1. The van der Waals surface area contributed by atoms with Crippen LogP contribution in [0.3, 0.4) is 0 Å². The number of benzene rings is 2. The monoisotopic (exact) mass is 420 g/mol. The third kappa shape index (κ3) is 7.11. The van der Waals surface area contributed by atoms with Gasteiger partial charge >= 0.3 is 0 Å². The van der Waals surface area contributed by atoms with Crippen molar-refractivity contribution in [3.63, 3.8) is 0 Å². The van der Waals surface area contributed by atoms with Crippen molar-refractivity contribution in [2.45, 2.75) is 52.7 Å². The highest BCUT2D eigenvalue weighted by Gasteiger charge is 2.21. The Kier molecular flexibility index (Phi) is 6.71. The number of ether oxygens (including phenoxy) is 3. The molecule has 0 amide bonds. The molecule has 0 aromatic heterocycles. The number of hydrogen-bond acceptors (Lipinski definition) is 4. The average Bonchev–Trinajstić information content (AvgIpc) is 2.66. The summed E-state index contributed by atoms with van der Waals surface area (Å²) in [6.07, 6.45) is 3.77. The molecular formula is C27H32O4. The van der Waals surface area contributed by atoms with Crippen LogP contribution in [0.5, 0.6) is 11.5 Å². The normalized spacial score (nSPS) is 17.8. The van der Waals surface area contributed by atoms with Crippen LogP contribution in [0, 0.1) is 0 Å². The third-order valence-electron chi connectivity index (χ3n) is 4.39. The van der Waals surface area contributed by atoms with E-state index in [1.165, 1.54) is 0 Å². The molecule has 0 unspecified atom stereocenters. The van der Waals surface area contributed by atoms with Gasteiger partial charge < -0.3 is 14.2 Å². The van der Waals surface area contributed by atoms with Gasteiger partial charge in [0.1, 0.15) is 22.7 Å². The summed E-state index contributed by atoms with van der Waals surface area (Å²) in [4.78, 5) is 13.0. The number of carbonyl (C=O) groups is 1. The minimum Gasteiger partial charge on any atom is -0.488 e. The quantitative estimate of drug-likeness (QED) is 0.560. The second kappa shape index (κ2) is 9.11. The Morgan fingerprint density at radius 2 is 1.03 bits per heavy atom. The van der Waals surface area contributed by atoms with E-state index in [4.69, 9.17) is 14.2 Å². The van der Waals surface area contributed by atoms with E-state index in [0.29, 0.717) is 24.4 Å². The minimum absolute atomic E-state index is 0.0243. The summed E-state index contributed by atoms with van der Waals surface area (Å²) in [5.41, 5.74) is 2.69. The summed E-state index contributed by atoms with van der Waals surface area (Å²) in [6, 6.07) is 15.5. The summed E-state index contributed by atoms with van der Waals surface area (Å²) >= 11 is 0. The van der Waals surface area contributed by atoms with Crippen LogP contribution in [-0.4, -0.2) is 30.2 Å². The summed E-state index contributed by atoms with van der Waals surface area (Å²) in [7, 11) is 0. The first-order chi connectivity index (χ1) is 14.5. The Morgan fingerprint density at radius 1 is 0.677 bits per heavy atom. The maximum absolute atomic E-state index is 13.0. The van der Waals surface area contributed by atoms with Crippen LogP contribution < -0.4 is 9.47 Å². The van der Waals surface area contributed by atoms with Crippen molar-refractivity contribution in [2.75, 3.05) is 13.2 Å². The fraction of sp³-hybridized carbons (Fsp3) is 0.370. The summed E-state index contributed by atoms with van der Waals surface area (Å²) < 4.78 is 17.4. The van der Waals surface area contributed by atoms with Crippen LogP contribution in [0.25, 0.3) is 12.2 Å². The second-order valence-corrected chi connectivity index (χ2v) is 9.73. The molecule has 1 fully saturated rings. The Morgan fingerprint density at radius 3 is 1.35 bits per heavy atom. The predicted octanol–water partition coefficient (Wildman–Crippen LogP) is 6.11. The van der Waals surface area contributed by atoms with Crippen molar-refractivity contribution in [3.8, 4) is 11.5 Å². The molecule has 0 atom stereocenters. The lowest BCUT2D eigenvalue weighted by Gasteiger charge is -2.21. The molecule has 1 aliphatic heterocycles. The molecule has 2 aromatic rings. The zero-order chi connectivity index (χ0) is 22.6. The standard InChI is InChI=1S/C27H32O4/c1-26(2,3)30-23-11-7-19(8-12-23)15-21-17-29-18-22(25(21)28)16-20-9-13-24(14-10-20)31-27(4,5)6/h7-16H,17-18H2,1-6H3/b21-15-,22-16+. The van der Waals surface area contributed by atoms with Gasteiger partial charge in [-0.3, -0.25) is 4.79 Å². The molecule has 0 radical (unpaired) electrons. The number of hydrogen-bond donors (Lipinski definition) is 0. The van der Waals surface area contributed by atoms with E-state index in [0.717, 1.165) is 22.6 Å². The van der Waals surface area contributed by atoms with Gasteiger partial charge in [0.05, 0.1) is 13.2 Å².